The highest BCUT2D eigenvalue weighted by Crippen LogP contribution is 2.26. The van der Waals surface area contributed by atoms with Crippen molar-refractivity contribution in [3.63, 3.8) is 0 Å². The van der Waals surface area contributed by atoms with Crippen molar-refractivity contribution in [2.45, 2.75) is 31.1 Å². The summed E-state index contributed by atoms with van der Waals surface area (Å²) in [6, 6.07) is 4.04. The van der Waals surface area contributed by atoms with Crippen molar-refractivity contribution in [2.24, 2.45) is 5.92 Å². The molecule has 1 aromatic rings. The third-order valence-electron chi connectivity index (χ3n) is 3.35. The van der Waals surface area contributed by atoms with Gasteiger partial charge < -0.3 is 10.4 Å². The predicted molar refractivity (Wildman–Crippen MR) is 81.8 cm³/mol. The number of nitrogens with one attached hydrogen (secondary N) is 1. The number of rotatable bonds is 6. The summed E-state index contributed by atoms with van der Waals surface area (Å²) in [6.07, 6.45) is 3.10. The molecule has 1 aliphatic rings. The lowest BCUT2D eigenvalue weighted by Crippen LogP contribution is -2.39. The maximum absolute atomic E-state index is 11.8. The molecule has 0 bridgehead atoms. The van der Waals surface area contributed by atoms with Crippen LogP contribution in [0.3, 0.4) is 0 Å². The van der Waals surface area contributed by atoms with E-state index >= 15 is 0 Å². The fourth-order valence-corrected chi connectivity index (χ4v) is 4.40. The number of carbonyl (C=O) groups is 1. The van der Waals surface area contributed by atoms with E-state index < -0.39 is 0 Å². The number of aliphatic hydroxyl groups excluding tert-OH is 1. The monoisotopic (exact) mass is 319 g/mol. The van der Waals surface area contributed by atoms with Crippen molar-refractivity contribution in [1.29, 1.82) is 0 Å². The molecule has 2 atom stereocenters. The zero-order valence-electron chi connectivity index (χ0n) is 10.6. The molecule has 106 valence electrons. The van der Waals surface area contributed by atoms with E-state index in [2.05, 4.69) is 5.32 Å². The second-order valence-electron chi connectivity index (χ2n) is 4.75. The van der Waals surface area contributed by atoms with E-state index in [-0.39, 0.29) is 24.5 Å². The van der Waals surface area contributed by atoms with Crippen molar-refractivity contribution in [3.05, 3.63) is 21.3 Å². The van der Waals surface area contributed by atoms with Gasteiger partial charge in [0.2, 0.25) is 5.91 Å². The van der Waals surface area contributed by atoms with Gasteiger partial charge in [0.1, 0.15) is 0 Å². The van der Waals surface area contributed by atoms with Crippen molar-refractivity contribution in [1.82, 2.24) is 5.32 Å². The molecule has 0 radical (unpaired) electrons. The molecule has 2 unspecified atom stereocenters. The van der Waals surface area contributed by atoms with Gasteiger partial charge in [0, 0.05) is 29.2 Å². The van der Waals surface area contributed by atoms with Crippen LogP contribution in [0.5, 0.6) is 0 Å². The molecule has 0 aliphatic heterocycles. The van der Waals surface area contributed by atoms with Crippen molar-refractivity contribution in [3.8, 4) is 0 Å². The average Bonchev–Trinajstić information content (AvgIpc) is 2.98. The zero-order valence-corrected chi connectivity index (χ0v) is 13.0. The predicted octanol–water partition coefficient (Wildman–Crippen LogP) is 2.91. The molecule has 6 heteroatoms. The molecule has 2 N–H and O–H groups in total. The van der Waals surface area contributed by atoms with Crippen LogP contribution in [0.4, 0.5) is 0 Å². The smallest absolute Gasteiger partial charge is 0.230 e. The molecule has 0 aromatic carbocycles. The Bertz CT molecular complexity index is 425. The number of halogens is 1. The van der Waals surface area contributed by atoms with Crippen molar-refractivity contribution in [2.75, 3.05) is 12.4 Å². The minimum absolute atomic E-state index is 0.0676. The number of amides is 1. The van der Waals surface area contributed by atoms with Crippen LogP contribution in [-0.4, -0.2) is 29.4 Å². The van der Waals surface area contributed by atoms with Crippen LogP contribution in [0.1, 0.15) is 24.1 Å². The lowest BCUT2D eigenvalue weighted by molar-refractivity contribution is -0.119. The van der Waals surface area contributed by atoms with E-state index in [1.807, 2.05) is 12.1 Å². The summed E-state index contributed by atoms with van der Waals surface area (Å²) >= 11 is 9.01. The van der Waals surface area contributed by atoms with Gasteiger partial charge in [0.05, 0.1) is 10.1 Å². The van der Waals surface area contributed by atoms with Crippen LogP contribution in [0.2, 0.25) is 4.34 Å². The number of aliphatic hydroxyl groups is 1. The lowest BCUT2D eigenvalue weighted by Gasteiger charge is -2.18. The maximum Gasteiger partial charge on any atom is 0.230 e. The van der Waals surface area contributed by atoms with Gasteiger partial charge in [-0.15, -0.1) is 23.1 Å². The molecule has 1 fully saturated rings. The van der Waals surface area contributed by atoms with Crippen molar-refractivity contribution >= 4 is 40.6 Å². The Hall–Kier alpha value is -0.230. The first kappa shape index (κ1) is 15.2. The van der Waals surface area contributed by atoms with Gasteiger partial charge in [0.25, 0.3) is 0 Å². The molecule has 1 amide bonds. The SMILES string of the molecule is O=C(CSCc1ccc(Cl)s1)NC1CCCC1CO. The third kappa shape index (κ3) is 4.67. The Morgan fingerprint density at radius 2 is 2.37 bits per heavy atom. The number of thiophene rings is 1. The van der Waals surface area contributed by atoms with E-state index in [0.29, 0.717) is 5.75 Å². The number of hydrogen-bond donors (Lipinski definition) is 2. The van der Waals surface area contributed by atoms with Crippen LogP contribution in [-0.2, 0) is 10.5 Å². The fraction of sp³-hybridized carbons (Fsp3) is 0.615. The molecule has 19 heavy (non-hydrogen) atoms. The maximum atomic E-state index is 11.8. The molecule has 1 aromatic heterocycles. The first-order chi connectivity index (χ1) is 9.19. The van der Waals surface area contributed by atoms with Gasteiger partial charge in [-0.2, -0.15) is 0 Å². The van der Waals surface area contributed by atoms with E-state index in [4.69, 9.17) is 11.6 Å². The summed E-state index contributed by atoms with van der Waals surface area (Å²) in [5.74, 6) is 1.59. The van der Waals surface area contributed by atoms with E-state index in [1.54, 1.807) is 23.1 Å². The van der Waals surface area contributed by atoms with Gasteiger partial charge in [-0.25, -0.2) is 0 Å². The first-order valence-corrected chi connectivity index (χ1v) is 8.76. The van der Waals surface area contributed by atoms with E-state index in [9.17, 15) is 9.90 Å². The number of hydrogen-bond acceptors (Lipinski definition) is 4. The van der Waals surface area contributed by atoms with Gasteiger partial charge in [-0.05, 0) is 25.0 Å². The van der Waals surface area contributed by atoms with Gasteiger partial charge in [-0.1, -0.05) is 18.0 Å². The fourth-order valence-electron chi connectivity index (χ4n) is 2.37. The van der Waals surface area contributed by atoms with Crippen LogP contribution in [0, 0.1) is 5.92 Å². The van der Waals surface area contributed by atoms with Gasteiger partial charge in [-0.3, -0.25) is 4.79 Å². The van der Waals surface area contributed by atoms with Crippen LogP contribution < -0.4 is 5.32 Å². The minimum atomic E-state index is 0.0676. The largest absolute Gasteiger partial charge is 0.396 e. The highest BCUT2D eigenvalue weighted by molar-refractivity contribution is 7.99. The third-order valence-corrected chi connectivity index (χ3v) is 5.74. The van der Waals surface area contributed by atoms with E-state index in [1.165, 1.54) is 4.88 Å². The van der Waals surface area contributed by atoms with Gasteiger partial charge in [0.15, 0.2) is 0 Å². The second-order valence-corrected chi connectivity index (χ2v) is 7.53. The Morgan fingerprint density at radius 1 is 1.53 bits per heavy atom. The van der Waals surface area contributed by atoms with E-state index in [0.717, 1.165) is 29.4 Å². The van der Waals surface area contributed by atoms with Crippen LogP contribution in [0.15, 0.2) is 12.1 Å². The molecular weight excluding hydrogens is 302 g/mol. The number of carbonyl (C=O) groups excluding carboxylic acids is 1. The molecule has 1 aliphatic carbocycles. The summed E-state index contributed by atoms with van der Waals surface area (Å²) in [5.41, 5.74) is 0. The Balaban J connectivity index is 1.67. The average molecular weight is 320 g/mol. The topological polar surface area (TPSA) is 49.3 Å². The summed E-state index contributed by atoms with van der Waals surface area (Å²) < 4.78 is 0.789. The molecule has 1 heterocycles. The minimum Gasteiger partial charge on any atom is -0.396 e. The second kappa shape index (κ2) is 7.53. The molecular formula is C13H18ClNO2S2. The molecule has 2 rings (SSSR count). The number of thioether (sulfide) groups is 1. The van der Waals surface area contributed by atoms with Crippen LogP contribution >= 0.6 is 34.7 Å². The standard InChI is InChI=1S/C13H18ClNO2S2/c14-12-5-4-10(19-12)7-18-8-13(17)15-11-3-1-2-9(11)6-16/h4-5,9,11,16H,1-3,6-8H2,(H,15,17). The zero-order chi connectivity index (χ0) is 13.7. The highest BCUT2D eigenvalue weighted by atomic mass is 35.5. The summed E-state index contributed by atoms with van der Waals surface area (Å²) in [6.45, 7) is 0.172. The molecule has 0 saturated heterocycles. The van der Waals surface area contributed by atoms with Crippen LogP contribution in [0.25, 0.3) is 0 Å². The van der Waals surface area contributed by atoms with Crippen molar-refractivity contribution < 1.29 is 9.90 Å². The summed E-state index contributed by atoms with van der Waals surface area (Å²) in [4.78, 5) is 13.0. The summed E-state index contributed by atoms with van der Waals surface area (Å²) in [7, 11) is 0. The Kier molecular flexibility index (Phi) is 6.01. The Labute approximate surface area is 126 Å². The van der Waals surface area contributed by atoms with Gasteiger partial charge >= 0.3 is 0 Å². The molecule has 1 saturated carbocycles. The normalized spacial score (nSPS) is 22.6. The molecule has 0 spiro atoms. The highest BCUT2D eigenvalue weighted by Gasteiger charge is 2.27. The quantitative estimate of drug-likeness (QED) is 0.847. The first-order valence-electron chi connectivity index (χ1n) is 6.41. The summed E-state index contributed by atoms with van der Waals surface area (Å²) in [5, 5.41) is 12.2. The lowest BCUT2D eigenvalue weighted by atomic mass is 10.1. The molecule has 3 nitrogen and oxygen atoms in total. The Morgan fingerprint density at radius 3 is 3.05 bits per heavy atom.